The van der Waals surface area contributed by atoms with E-state index in [1.165, 1.54) is 0 Å². The maximum absolute atomic E-state index is 10.8. The topological polar surface area (TPSA) is 47.1 Å². The lowest BCUT2D eigenvalue weighted by atomic mass is 10.2. The minimum atomic E-state index is 0.417. The van der Waals surface area contributed by atoms with Crippen LogP contribution in [-0.2, 0) is 0 Å². The van der Waals surface area contributed by atoms with E-state index in [2.05, 4.69) is 21.2 Å². The summed E-state index contributed by atoms with van der Waals surface area (Å²) in [5.41, 5.74) is 3.71. The van der Waals surface area contributed by atoms with E-state index in [9.17, 15) is 5.21 Å². The number of para-hydroxylation sites is 1. The summed E-state index contributed by atoms with van der Waals surface area (Å²) in [4.78, 5) is 0. The molecule has 0 heterocycles. The fourth-order valence-corrected chi connectivity index (χ4v) is 1.90. The van der Waals surface area contributed by atoms with Crippen LogP contribution in [0.3, 0.4) is 0 Å². The Labute approximate surface area is 113 Å². The van der Waals surface area contributed by atoms with Gasteiger partial charge in [-0.15, -0.1) is 0 Å². The second-order valence-corrected chi connectivity index (χ2v) is 4.72. The molecule has 0 radical (unpaired) electrons. The lowest BCUT2D eigenvalue weighted by Gasteiger charge is -2.17. The third-order valence-electron chi connectivity index (χ3n) is 2.24. The third-order valence-corrected chi connectivity index (χ3v) is 3.08. The quantitative estimate of drug-likeness (QED) is 0.804. The SMILES string of the molecule is [O-]Nc1cccc(Cl)c1Nc1ccc(Br)cc1. The highest BCUT2D eigenvalue weighted by Crippen LogP contribution is 2.32. The van der Waals surface area contributed by atoms with Crippen LogP contribution in [0.4, 0.5) is 17.1 Å². The predicted octanol–water partition coefficient (Wildman–Crippen LogP) is 4.76. The molecule has 17 heavy (non-hydrogen) atoms. The monoisotopic (exact) mass is 311 g/mol. The molecule has 2 N–H and O–H groups in total. The molecule has 0 fully saturated rings. The van der Waals surface area contributed by atoms with Gasteiger partial charge in [0.1, 0.15) is 0 Å². The molecule has 3 nitrogen and oxygen atoms in total. The Balaban J connectivity index is 2.32. The molecular formula is C12H9BrClN2O-. The Morgan fingerprint density at radius 3 is 2.41 bits per heavy atom. The van der Waals surface area contributed by atoms with Crippen LogP contribution in [0.25, 0.3) is 0 Å². The van der Waals surface area contributed by atoms with Crippen LogP contribution in [-0.4, -0.2) is 0 Å². The van der Waals surface area contributed by atoms with Gasteiger partial charge in [-0.2, -0.15) is 0 Å². The molecule has 0 saturated heterocycles. The van der Waals surface area contributed by atoms with Crippen molar-refractivity contribution in [3.8, 4) is 0 Å². The zero-order chi connectivity index (χ0) is 12.3. The van der Waals surface area contributed by atoms with E-state index in [4.69, 9.17) is 11.6 Å². The maximum atomic E-state index is 10.8. The van der Waals surface area contributed by atoms with E-state index in [-0.39, 0.29) is 0 Å². The number of benzene rings is 2. The fraction of sp³-hybridized carbons (Fsp3) is 0. The van der Waals surface area contributed by atoms with Crippen molar-refractivity contribution in [2.75, 3.05) is 10.8 Å². The summed E-state index contributed by atoms with van der Waals surface area (Å²) in [6.07, 6.45) is 0. The lowest BCUT2D eigenvalue weighted by Crippen LogP contribution is -1.96. The molecule has 0 aliphatic heterocycles. The molecule has 0 aromatic heterocycles. The third kappa shape index (κ3) is 2.91. The lowest BCUT2D eigenvalue weighted by molar-refractivity contribution is 1.51. The molecular weight excluding hydrogens is 304 g/mol. The van der Waals surface area contributed by atoms with E-state index in [0.29, 0.717) is 16.4 Å². The van der Waals surface area contributed by atoms with Gasteiger partial charge in [0.05, 0.1) is 10.7 Å². The summed E-state index contributed by atoms with van der Waals surface area (Å²) in [6, 6.07) is 12.7. The minimum Gasteiger partial charge on any atom is -0.761 e. The number of rotatable bonds is 3. The maximum Gasteiger partial charge on any atom is 0.0801 e. The smallest absolute Gasteiger partial charge is 0.0801 e. The van der Waals surface area contributed by atoms with Gasteiger partial charge < -0.3 is 16.0 Å². The van der Waals surface area contributed by atoms with Crippen LogP contribution in [0.1, 0.15) is 0 Å². The molecule has 0 atom stereocenters. The summed E-state index contributed by atoms with van der Waals surface area (Å²) in [5.74, 6) is 0. The first-order chi connectivity index (χ1) is 8.20. The summed E-state index contributed by atoms with van der Waals surface area (Å²) in [5, 5.41) is 14.4. The Morgan fingerprint density at radius 1 is 1.06 bits per heavy atom. The highest BCUT2D eigenvalue weighted by Gasteiger charge is 2.04. The van der Waals surface area contributed by atoms with Crippen molar-refractivity contribution < 1.29 is 0 Å². The van der Waals surface area contributed by atoms with Crippen LogP contribution in [0, 0.1) is 5.21 Å². The average molecular weight is 313 g/mol. The molecule has 0 unspecified atom stereocenters. The summed E-state index contributed by atoms with van der Waals surface area (Å²) in [6.45, 7) is 0. The Kier molecular flexibility index (Phi) is 3.89. The van der Waals surface area contributed by atoms with Gasteiger partial charge in [-0.25, -0.2) is 0 Å². The van der Waals surface area contributed by atoms with Crippen molar-refractivity contribution in [1.29, 1.82) is 0 Å². The van der Waals surface area contributed by atoms with Gasteiger partial charge in [0.2, 0.25) is 0 Å². The van der Waals surface area contributed by atoms with Gasteiger partial charge in [-0.3, -0.25) is 0 Å². The highest BCUT2D eigenvalue weighted by atomic mass is 79.9. The molecule has 2 aromatic carbocycles. The summed E-state index contributed by atoms with van der Waals surface area (Å²) >= 11 is 9.40. The molecule has 0 bridgehead atoms. The van der Waals surface area contributed by atoms with Crippen molar-refractivity contribution in [2.45, 2.75) is 0 Å². The Morgan fingerprint density at radius 2 is 1.76 bits per heavy atom. The zero-order valence-electron chi connectivity index (χ0n) is 8.71. The van der Waals surface area contributed by atoms with E-state index in [1.54, 1.807) is 18.2 Å². The first-order valence-electron chi connectivity index (χ1n) is 4.90. The molecule has 0 aliphatic carbocycles. The van der Waals surface area contributed by atoms with E-state index in [1.807, 2.05) is 29.7 Å². The number of anilines is 3. The average Bonchev–Trinajstić information content (AvgIpc) is 2.34. The molecule has 0 aliphatic rings. The van der Waals surface area contributed by atoms with Crippen LogP contribution >= 0.6 is 27.5 Å². The van der Waals surface area contributed by atoms with Crippen LogP contribution in [0.15, 0.2) is 46.9 Å². The second-order valence-electron chi connectivity index (χ2n) is 3.40. The molecule has 88 valence electrons. The first kappa shape index (κ1) is 12.2. The van der Waals surface area contributed by atoms with Crippen molar-refractivity contribution in [2.24, 2.45) is 0 Å². The van der Waals surface area contributed by atoms with Crippen molar-refractivity contribution in [3.05, 3.63) is 57.2 Å². The van der Waals surface area contributed by atoms with Crippen molar-refractivity contribution in [3.63, 3.8) is 0 Å². The van der Waals surface area contributed by atoms with E-state index < -0.39 is 0 Å². The number of halogens is 2. The number of hydrogen-bond donors (Lipinski definition) is 2. The number of hydrogen-bond acceptors (Lipinski definition) is 3. The van der Waals surface area contributed by atoms with Gasteiger partial charge in [0, 0.05) is 15.8 Å². The van der Waals surface area contributed by atoms with Gasteiger partial charge in [-0.1, -0.05) is 33.6 Å². The number of nitrogens with one attached hydrogen (secondary N) is 2. The van der Waals surface area contributed by atoms with Crippen molar-refractivity contribution >= 4 is 44.6 Å². The van der Waals surface area contributed by atoms with Crippen LogP contribution in [0.2, 0.25) is 5.02 Å². The normalized spacial score (nSPS) is 10.1. The molecule has 0 amide bonds. The molecule has 0 saturated carbocycles. The minimum absolute atomic E-state index is 0.417. The standard InChI is InChI=1S/C12H9BrClN2O/c13-8-4-6-9(7-5-8)15-12-10(14)2-1-3-11(12)16-17/h1-7,15-16H/q-1. The Bertz CT molecular complexity index is 516. The van der Waals surface area contributed by atoms with E-state index >= 15 is 0 Å². The zero-order valence-corrected chi connectivity index (χ0v) is 11.0. The summed E-state index contributed by atoms with van der Waals surface area (Å²) < 4.78 is 0.990. The van der Waals surface area contributed by atoms with Gasteiger partial charge in [-0.05, 0) is 36.4 Å². The molecule has 2 rings (SSSR count). The van der Waals surface area contributed by atoms with Crippen LogP contribution < -0.4 is 10.8 Å². The Hall–Kier alpha value is -1.23. The van der Waals surface area contributed by atoms with E-state index in [0.717, 1.165) is 10.2 Å². The van der Waals surface area contributed by atoms with Gasteiger partial charge >= 0.3 is 0 Å². The van der Waals surface area contributed by atoms with Gasteiger partial charge in [0.25, 0.3) is 0 Å². The molecule has 2 aromatic rings. The first-order valence-corrected chi connectivity index (χ1v) is 6.07. The predicted molar refractivity (Wildman–Crippen MR) is 75.9 cm³/mol. The fourth-order valence-electron chi connectivity index (χ4n) is 1.41. The second kappa shape index (κ2) is 5.40. The molecule has 5 heteroatoms. The van der Waals surface area contributed by atoms with Crippen molar-refractivity contribution in [1.82, 2.24) is 0 Å². The summed E-state index contributed by atoms with van der Waals surface area (Å²) in [7, 11) is 0. The molecule has 0 spiro atoms. The van der Waals surface area contributed by atoms with Crippen LogP contribution in [0.5, 0.6) is 0 Å². The highest BCUT2D eigenvalue weighted by molar-refractivity contribution is 9.10. The largest absolute Gasteiger partial charge is 0.761 e. The van der Waals surface area contributed by atoms with Gasteiger partial charge in [0.15, 0.2) is 0 Å².